The molecule has 1 aromatic heterocycles. The molecule has 0 radical (unpaired) electrons. The summed E-state index contributed by atoms with van der Waals surface area (Å²) in [6, 6.07) is 0.328. The van der Waals surface area contributed by atoms with Crippen molar-refractivity contribution < 1.29 is 4.74 Å². The molecule has 5 nitrogen and oxygen atoms in total. The molecule has 0 spiro atoms. The van der Waals surface area contributed by atoms with E-state index < -0.39 is 0 Å². The molecule has 2 unspecified atom stereocenters. The Morgan fingerprint density at radius 3 is 3.16 bits per heavy atom. The third kappa shape index (κ3) is 3.76. The summed E-state index contributed by atoms with van der Waals surface area (Å²) in [6.07, 6.45) is 4.21. The number of hydrogen-bond acceptors (Lipinski definition) is 4. The monoisotopic (exact) mass is 377 g/mol. The summed E-state index contributed by atoms with van der Waals surface area (Å²) < 4.78 is 8.02. The van der Waals surface area contributed by atoms with Gasteiger partial charge in [0.2, 0.25) is 0 Å². The number of rotatable bonds is 5. The highest BCUT2D eigenvalue weighted by Crippen LogP contribution is 2.15. The standard InChI is InChI=1S/C13H20IN3O2/c1-9(12-4-3-7-19-12)15-5-6-17-10(2)16-8-11(14)13(17)18/h8-9,12,15H,3-7H2,1-2H3. The lowest BCUT2D eigenvalue weighted by molar-refractivity contribution is 0.0834. The van der Waals surface area contributed by atoms with E-state index in [2.05, 4.69) is 17.2 Å². The minimum atomic E-state index is 0.0414. The molecule has 0 aromatic carbocycles. The summed E-state index contributed by atoms with van der Waals surface area (Å²) in [6.45, 7) is 6.27. The summed E-state index contributed by atoms with van der Waals surface area (Å²) in [7, 11) is 0. The van der Waals surface area contributed by atoms with Gasteiger partial charge in [-0.05, 0) is 49.3 Å². The van der Waals surface area contributed by atoms with Crippen molar-refractivity contribution in [1.82, 2.24) is 14.9 Å². The van der Waals surface area contributed by atoms with E-state index in [1.54, 1.807) is 10.8 Å². The van der Waals surface area contributed by atoms with E-state index in [0.29, 0.717) is 22.3 Å². The van der Waals surface area contributed by atoms with Crippen LogP contribution in [0.3, 0.4) is 0 Å². The highest BCUT2D eigenvalue weighted by molar-refractivity contribution is 14.1. The largest absolute Gasteiger partial charge is 0.377 e. The fraction of sp³-hybridized carbons (Fsp3) is 0.692. The van der Waals surface area contributed by atoms with Crippen molar-refractivity contribution in [1.29, 1.82) is 0 Å². The normalized spacial score (nSPS) is 20.7. The number of nitrogens with zero attached hydrogens (tertiary/aromatic N) is 2. The average Bonchev–Trinajstić information content (AvgIpc) is 2.92. The van der Waals surface area contributed by atoms with Gasteiger partial charge < -0.3 is 10.1 Å². The molecule has 2 rings (SSSR count). The number of aromatic nitrogens is 2. The molecule has 0 amide bonds. The van der Waals surface area contributed by atoms with Crippen molar-refractivity contribution in [3.05, 3.63) is 25.9 Å². The van der Waals surface area contributed by atoms with Gasteiger partial charge in [-0.1, -0.05) is 0 Å². The molecule has 0 saturated carbocycles. The third-order valence-electron chi connectivity index (χ3n) is 3.53. The zero-order valence-electron chi connectivity index (χ0n) is 11.4. The lowest BCUT2D eigenvalue weighted by Gasteiger charge is -2.20. The first-order valence-corrected chi connectivity index (χ1v) is 7.74. The SMILES string of the molecule is Cc1ncc(I)c(=O)n1CCNC(C)C1CCCO1. The van der Waals surface area contributed by atoms with Crippen molar-refractivity contribution in [3.63, 3.8) is 0 Å². The van der Waals surface area contributed by atoms with Crippen LogP contribution in [0.2, 0.25) is 0 Å². The number of hydrogen-bond donors (Lipinski definition) is 1. The molecule has 2 heterocycles. The topological polar surface area (TPSA) is 56.2 Å². The smallest absolute Gasteiger partial charge is 0.266 e. The fourth-order valence-electron chi connectivity index (χ4n) is 2.35. The maximum absolute atomic E-state index is 12.0. The van der Waals surface area contributed by atoms with E-state index in [0.717, 1.165) is 31.8 Å². The van der Waals surface area contributed by atoms with Crippen LogP contribution in [0, 0.1) is 10.5 Å². The molecule has 2 atom stereocenters. The Kier molecular flexibility index (Phi) is 5.35. The summed E-state index contributed by atoms with van der Waals surface area (Å²) in [5.41, 5.74) is 0.0414. The fourth-order valence-corrected chi connectivity index (χ4v) is 2.78. The second kappa shape index (κ2) is 6.81. The van der Waals surface area contributed by atoms with E-state index in [9.17, 15) is 4.79 Å². The van der Waals surface area contributed by atoms with Gasteiger partial charge in [0.25, 0.3) is 5.56 Å². The first kappa shape index (κ1) is 14.9. The predicted molar refractivity (Wildman–Crippen MR) is 82.4 cm³/mol. The number of nitrogens with one attached hydrogen (secondary N) is 1. The molecule has 6 heteroatoms. The van der Waals surface area contributed by atoms with Crippen LogP contribution in [0.15, 0.2) is 11.0 Å². The van der Waals surface area contributed by atoms with E-state index in [4.69, 9.17) is 4.74 Å². The maximum atomic E-state index is 12.0. The Balaban J connectivity index is 1.89. The lowest BCUT2D eigenvalue weighted by Crippen LogP contribution is -2.40. The van der Waals surface area contributed by atoms with Gasteiger partial charge in [-0.15, -0.1) is 0 Å². The zero-order valence-corrected chi connectivity index (χ0v) is 13.5. The van der Waals surface area contributed by atoms with Crippen LogP contribution in [0.1, 0.15) is 25.6 Å². The predicted octanol–water partition coefficient (Wildman–Crippen LogP) is 1.31. The van der Waals surface area contributed by atoms with Crippen molar-refractivity contribution in [2.75, 3.05) is 13.2 Å². The number of aryl methyl sites for hydroxylation is 1. The second-order valence-corrected chi connectivity index (χ2v) is 6.07. The molecule has 1 fully saturated rings. The second-order valence-electron chi connectivity index (χ2n) is 4.90. The van der Waals surface area contributed by atoms with Crippen molar-refractivity contribution in [2.45, 2.75) is 45.4 Å². The molecule has 0 bridgehead atoms. The molecule has 1 aromatic rings. The molecule has 106 valence electrons. The van der Waals surface area contributed by atoms with Gasteiger partial charge in [0, 0.05) is 31.9 Å². The summed E-state index contributed by atoms with van der Waals surface area (Å²) in [5.74, 6) is 0.761. The zero-order chi connectivity index (χ0) is 13.8. The molecule has 1 N–H and O–H groups in total. The van der Waals surface area contributed by atoms with Crippen LogP contribution in [0.4, 0.5) is 0 Å². The first-order chi connectivity index (χ1) is 9.09. The van der Waals surface area contributed by atoms with E-state index in [1.165, 1.54) is 0 Å². The van der Waals surface area contributed by atoms with Crippen molar-refractivity contribution >= 4 is 22.6 Å². The Labute approximate surface area is 126 Å². The molecule has 1 aliphatic heterocycles. The molecule has 1 saturated heterocycles. The summed E-state index contributed by atoms with van der Waals surface area (Å²) in [4.78, 5) is 16.2. The minimum absolute atomic E-state index is 0.0414. The number of halogens is 1. The maximum Gasteiger partial charge on any atom is 0.266 e. The minimum Gasteiger partial charge on any atom is -0.377 e. The Hall–Kier alpha value is -0.470. The highest BCUT2D eigenvalue weighted by Gasteiger charge is 2.21. The average molecular weight is 377 g/mol. The van der Waals surface area contributed by atoms with Gasteiger partial charge in [-0.2, -0.15) is 0 Å². The Morgan fingerprint density at radius 2 is 2.47 bits per heavy atom. The van der Waals surface area contributed by atoms with E-state index in [-0.39, 0.29) is 5.56 Å². The van der Waals surface area contributed by atoms with Crippen molar-refractivity contribution in [2.24, 2.45) is 0 Å². The lowest BCUT2D eigenvalue weighted by atomic mass is 10.1. The van der Waals surface area contributed by atoms with Gasteiger partial charge in [0.15, 0.2) is 0 Å². The molecular weight excluding hydrogens is 357 g/mol. The van der Waals surface area contributed by atoms with Crippen LogP contribution in [-0.4, -0.2) is 34.8 Å². The first-order valence-electron chi connectivity index (χ1n) is 6.66. The Bertz CT molecular complexity index is 483. The van der Waals surface area contributed by atoms with Gasteiger partial charge in [0.05, 0.1) is 9.67 Å². The van der Waals surface area contributed by atoms with E-state index >= 15 is 0 Å². The quantitative estimate of drug-likeness (QED) is 0.787. The van der Waals surface area contributed by atoms with Crippen LogP contribution in [-0.2, 0) is 11.3 Å². The van der Waals surface area contributed by atoms with Gasteiger partial charge in [-0.25, -0.2) is 4.98 Å². The molecule has 0 aliphatic carbocycles. The molecule has 19 heavy (non-hydrogen) atoms. The highest BCUT2D eigenvalue weighted by atomic mass is 127. The number of ether oxygens (including phenoxy) is 1. The molecule has 1 aliphatic rings. The summed E-state index contributed by atoms with van der Waals surface area (Å²) in [5, 5.41) is 3.43. The summed E-state index contributed by atoms with van der Waals surface area (Å²) >= 11 is 2.03. The van der Waals surface area contributed by atoms with Gasteiger partial charge >= 0.3 is 0 Å². The van der Waals surface area contributed by atoms with Crippen LogP contribution in [0.25, 0.3) is 0 Å². The third-order valence-corrected chi connectivity index (χ3v) is 4.27. The van der Waals surface area contributed by atoms with Crippen LogP contribution < -0.4 is 10.9 Å². The molecular formula is C13H20IN3O2. The van der Waals surface area contributed by atoms with Gasteiger partial charge in [0.1, 0.15) is 5.82 Å². The Morgan fingerprint density at radius 1 is 1.68 bits per heavy atom. The van der Waals surface area contributed by atoms with Crippen molar-refractivity contribution in [3.8, 4) is 0 Å². The van der Waals surface area contributed by atoms with Gasteiger partial charge in [-0.3, -0.25) is 9.36 Å². The van der Waals surface area contributed by atoms with Crippen LogP contribution >= 0.6 is 22.6 Å². The van der Waals surface area contributed by atoms with Crippen LogP contribution in [0.5, 0.6) is 0 Å². The van der Waals surface area contributed by atoms with E-state index in [1.807, 2.05) is 29.5 Å².